The maximum Gasteiger partial charge on any atom is 0.171 e. The van der Waals surface area contributed by atoms with Crippen LogP contribution >= 0.6 is 47.8 Å². The van der Waals surface area contributed by atoms with E-state index < -0.39 is 0 Å². The second-order valence-electron chi connectivity index (χ2n) is 20.6. The zero-order valence-electron chi connectivity index (χ0n) is 44.3. The topological polar surface area (TPSA) is 11.6 Å². The molecule has 0 bridgehead atoms. The fraction of sp³-hybridized carbons (Fsp3) is 0.571. The molecule has 378 valence electrons. The number of hydrogen-bond acceptors (Lipinski definition) is 0. The summed E-state index contributed by atoms with van der Waals surface area (Å²) in [7, 11) is 0. The maximum absolute atomic E-state index is 3.53. The minimum Gasteiger partial charge on any atom is -0.205 e. The van der Waals surface area contributed by atoms with Crippen LogP contribution in [0.1, 0.15) is 182 Å². The molecule has 0 N–H and O–H groups in total. The number of hydrogen-bond donors (Lipinski definition) is 0. The van der Waals surface area contributed by atoms with Crippen molar-refractivity contribution >= 4 is 47.8 Å². The molecule has 0 saturated carbocycles. The van der Waals surface area contributed by atoms with Gasteiger partial charge in [-0.3, -0.25) is 0 Å². The first kappa shape index (κ1) is 58.9. The molecule has 69 heavy (non-hydrogen) atoms. The van der Waals surface area contributed by atoms with Crippen LogP contribution in [0.5, 0.6) is 0 Å². The normalized spacial score (nSPS) is 11.3. The van der Waals surface area contributed by atoms with Crippen molar-refractivity contribution in [1.82, 2.24) is 0 Å². The number of alkyl halides is 3. The Kier molecular flexibility index (Phi) is 30.3. The van der Waals surface area contributed by atoms with E-state index in [1.807, 2.05) is 0 Å². The number of aromatic nitrogens is 3. The molecule has 0 aliphatic heterocycles. The van der Waals surface area contributed by atoms with Crippen molar-refractivity contribution in [2.24, 2.45) is 0 Å². The molecule has 0 radical (unpaired) electrons. The van der Waals surface area contributed by atoms with E-state index in [4.69, 9.17) is 0 Å². The second-order valence-corrected chi connectivity index (χ2v) is 23.0. The van der Waals surface area contributed by atoms with E-state index in [-0.39, 0.29) is 0 Å². The zero-order chi connectivity index (χ0) is 49.5. The third kappa shape index (κ3) is 26.6. The highest BCUT2D eigenvalue weighted by atomic mass is 79.9. The maximum atomic E-state index is 3.53. The lowest BCUT2D eigenvalue weighted by molar-refractivity contribution is -0.698. The van der Waals surface area contributed by atoms with E-state index in [9.17, 15) is 0 Å². The van der Waals surface area contributed by atoms with Gasteiger partial charge in [0.2, 0.25) is 0 Å². The van der Waals surface area contributed by atoms with Gasteiger partial charge in [-0.05, 0) is 209 Å². The minimum atomic E-state index is 1.12. The summed E-state index contributed by atoms with van der Waals surface area (Å²) in [4.78, 5) is 0. The van der Waals surface area contributed by atoms with E-state index in [2.05, 4.69) is 195 Å². The molecule has 0 aliphatic rings. The number of benzene rings is 2. The molecular weight excluding hydrogens is 1040 g/mol. The first-order chi connectivity index (χ1) is 33.5. The Morgan fingerprint density at radius 1 is 0.246 bits per heavy atom. The van der Waals surface area contributed by atoms with Gasteiger partial charge >= 0.3 is 0 Å². The third-order valence-corrected chi connectivity index (χ3v) is 14.9. The fourth-order valence-corrected chi connectivity index (χ4v) is 11.3. The lowest BCUT2D eigenvalue weighted by Crippen LogP contribution is -2.33. The summed E-state index contributed by atoms with van der Waals surface area (Å²) in [5.74, 6) is 0. The highest BCUT2D eigenvalue weighted by molar-refractivity contribution is 9.09. The Hall–Kier alpha value is -2.67. The van der Waals surface area contributed by atoms with Crippen LogP contribution in [0.15, 0.2) is 91.8 Å². The molecule has 3 aromatic heterocycles. The third-order valence-electron chi connectivity index (χ3n) is 13.3. The number of aryl methyl sites for hydroxylation is 15. The van der Waals surface area contributed by atoms with Crippen LogP contribution in [0.25, 0.3) is 0 Å². The van der Waals surface area contributed by atoms with Crippen molar-refractivity contribution in [2.45, 2.75) is 215 Å². The van der Waals surface area contributed by atoms with Gasteiger partial charge in [-0.15, -0.1) is 0 Å². The van der Waals surface area contributed by atoms with Gasteiger partial charge in [0, 0.05) is 68.6 Å². The lowest BCUT2D eigenvalue weighted by atomic mass is 9.95. The van der Waals surface area contributed by atoms with Gasteiger partial charge in [0.05, 0.1) is 0 Å². The summed E-state index contributed by atoms with van der Waals surface area (Å²) < 4.78 is 7.13. The molecule has 0 aliphatic carbocycles. The quantitative estimate of drug-likeness (QED) is 0.0225. The predicted octanol–water partition coefficient (Wildman–Crippen LogP) is 16.6. The van der Waals surface area contributed by atoms with Crippen LogP contribution in [0.3, 0.4) is 0 Å². The van der Waals surface area contributed by atoms with Crippen molar-refractivity contribution in [3.63, 3.8) is 0 Å². The van der Waals surface area contributed by atoms with E-state index in [0.717, 1.165) is 35.6 Å². The van der Waals surface area contributed by atoms with E-state index in [0.29, 0.717) is 0 Å². The molecule has 0 saturated heterocycles. The van der Waals surface area contributed by atoms with Crippen LogP contribution in [-0.2, 0) is 58.2 Å². The molecule has 5 aromatic rings. The monoisotopic (exact) mass is 1130 g/mol. The van der Waals surface area contributed by atoms with Crippen LogP contribution < -0.4 is 13.7 Å². The van der Waals surface area contributed by atoms with E-state index in [1.54, 1.807) is 33.4 Å². The van der Waals surface area contributed by atoms with Crippen LogP contribution in [-0.4, -0.2) is 16.0 Å². The molecule has 0 spiro atoms. The van der Waals surface area contributed by atoms with Crippen LogP contribution in [0, 0.1) is 41.5 Å². The Morgan fingerprint density at radius 3 is 0.623 bits per heavy atom. The average molecular weight is 1130 g/mol. The number of nitrogens with zero attached hydrogens (tertiary/aromatic N) is 3. The lowest BCUT2D eigenvalue weighted by Gasteiger charge is -2.11. The Balaban J connectivity index is 0.000000365. The highest BCUT2D eigenvalue weighted by Crippen LogP contribution is 2.21. The first-order valence-corrected chi connectivity index (χ1v) is 30.7. The molecule has 6 heteroatoms. The summed E-state index contributed by atoms with van der Waals surface area (Å²) in [6.45, 7) is 16.5. The average Bonchev–Trinajstić information content (AvgIpc) is 3.30. The summed E-state index contributed by atoms with van der Waals surface area (Å²) in [6, 6.07) is 21.8. The van der Waals surface area contributed by atoms with Crippen molar-refractivity contribution in [3.8, 4) is 0 Å². The summed E-state index contributed by atoms with van der Waals surface area (Å²) in [6.07, 6.45) is 44.3. The van der Waals surface area contributed by atoms with E-state index >= 15 is 0 Å². The molecule has 5 rings (SSSR count). The molecule has 2 aromatic carbocycles. The number of pyridine rings is 3. The van der Waals surface area contributed by atoms with Gasteiger partial charge in [0.1, 0.15) is 19.6 Å². The van der Waals surface area contributed by atoms with Gasteiger partial charge < -0.3 is 0 Å². The standard InChI is InChI=1S/C42H60N3.C21H33Br3/c1-34-22-35(2)29-43(28-34)19-13-7-10-16-40-25-41(17-11-8-14-20-44-30-36(3)23-37(4)31-44)27-42(26-40)18-12-9-15-21-45-32-38(5)24-39(6)33-45;22-13-7-1-4-10-19-16-20(11-5-2-8-14-23)18-21(17-19)12-6-3-9-15-24/h22-33H,7-21H2,1-6H3;16-18H,1-15H2/q+3;. The number of halogens is 3. The fourth-order valence-electron chi connectivity index (χ4n) is 10.1. The number of unbranched alkanes of at least 4 members (excludes halogenated alkanes) is 12. The smallest absolute Gasteiger partial charge is 0.171 e. The van der Waals surface area contributed by atoms with Gasteiger partial charge in [-0.25, -0.2) is 13.7 Å². The van der Waals surface area contributed by atoms with Gasteiger partial charge in [-0.2, -0.15) is 0 Å². The van der Waals surface area contributed by atoms with Crippen molar-refractivity contribution in [3.05, 3.63) is 159 Å². The largest absolute Gasteiger partial charge is 0.205 e. The van der Waals surface area contributed by atoms with Gasteiger partial charge in [0.15, 0.2) is 37.2 Å². The number of rotatable bonds is 33. The van der Waals surface area contributed by atoms with Crippen molar-refractivity contribution in [1.29, 1.82) is 0 Å². The molecule has 0 unspecified atom stereocenters. The van der Waals surface area contributed by atoms with Gasteiger partial charge in [-0.1, -0.05) is 103 Å². The summed E-state index contributed by atoms with van der Waals surface area (Å²) >= 11 is 10.6. The SMILES string of the molecule is BrCCCCCc1cc(CCCCCBr)cc(CCCCCBr)c1.Cc1cc(C)c[n+](CCCCCc2cc(CCCCC[n+]3cc(C)cc(C)c3)cc(CCCCC[n+]3cc(C)cc(C)c3)c2)c1. The highest BCUT2D eigenvalue weighted by Gasteiger charge is 2.09. The van der Waals surface area contributed by atoms with Crippen molar-refractivity contribution < 1.29 is 13.7 Å². The Bertz CT molecular complexity index is 1850. The minimum absolute atomic E-state index is 1.12. The predicted molar refractivity (Wildman–Crippen MR) is 308 cm³/mol. The molecule has 3 nitrogen and oxygen atoms in total. The molecule has 0 amide bonds. The Labute approximate surface area is 448 Å². The summed E-state index contributed by atoms with van der Waals surface area (Å²) in [5.41, 5.74) is 17.5. The van der Waals surface area contributed by atoms with E-state index in [1.165, 1.54) is 187 Å². The van der Waals surface area contributed by atoms with Crippen LogP contribution in [0.2, 0.25) is 0 Å². The Morgan fingerprint density at radius 2 is 0.435 bits per heavy atom. The second kappa shape index (κ2) is 35.4. The molecule has 0 atom stereocenters. The van der Waals surface area contributed by atoms with Gasteiger partial charge in [0.25, 0.3) is 0 Å². The summed E-state index contributed by atoms with van der Waals surface area (Å²) in [5, 5.41) is 3.41. The van der Waals surface area contributed by atoms with Crippen LogP contribution in [0.4, 0.5) is 0 Å². The van der Waals surface area contributed by atoms with Crippen molar-refractivity contribution in [2.75, 3.05) is 16.0 Å². The molecule has 3 heterocycles. The zero-order valence-corrected chi connectivity index (χ0v) is 49.1. The first-order valence-electron chi connectivity index (χ1n) is 27.3. The molecular formula is C63H93Br3N3+3. The molecule has 0 fully saturated rings.